The lowest BCUT2D eigenvalue weighted by atomic mass is 10.0. The molecule has 7 nitrogen and oxygen atoms in total. The van der Waals surface area contributed by atoms with Crippen LogP contribution in [0.1, 0.15) is 20.7 Å². The van der Waals surface area contributed by atoms with Crippen molar-refractivity contribution in [3.05, 3.63) is 71.8 Å². The van der Waals surface area contributed by atoms with E-state index in [2.05, 4.69) is 0 Å². The molecule has 0 aliphatic heterocycles. The van der Waals surface area contributed by atoms with E-state index >= 15 is 0 Å². The van der Waals surface area contributed by atoms with Crippen LogP contribution in [0, 0.1) is 0 Å². The molecule has 7 heteroatoms. The van der Waals surface area contributed by atoms with E-state index in [-0.39, 0.29) is 34.1 Å². The van der Waals surface area contributed by atoms with Gasteiger partial charge in [-0.2, -0.15) is 0 Å². The fourth-order valence-corrected chi connectivity index (χ4v) is 3.90. The monoisotopic (exact) mass is 446 g/mol. The predicted molar refractivity (Wildman–Crippen MR) is 124 cm³/mol. The van der Waals surface area contributed by atoms with Crippen LogP contribution in [-0.4, -0.2) is 40.4 Å². The number of rotatable bonds is 6. The number of benzene rings is 4. The molecule has 0 aliphatic rings. The van der Waals surface area contributed by atoms with Crippen molar-refractivity contribution in [3.63, 3.8) is 0 Å². The number of methoxy groups -OCH3 is 4. The molecule has 4 aromatic carbocycles. The first-order valence-corrected chi connectivity index (χ1v) is 10.1. The first-order chi connectivity index (χ1) is 16.0. The van der Waals surface area contributed by atoms with Gasteiger partial charge in [0.1, 0.15) is 34.1 Å². The maximum absolute atomic E-state index is 13.2. The Balaban J connectivity index is 1.81. The standard InChI is InChI=1S/C26H22O7/c1-29-19-13-15-9-5-7-11-17(15)23(31-3)21(19)25(27)33-26(28)22-20(30-2)14-16-10-6-8-12-18(16)24(22)32-4/h5-14H,1-4H3. The van der Waals surface area contributed by atoms with Crippen LogP contribution in [0.2, 0.25) is 0 Å². The predicted octanol–water partition coefficient (Wildman–Crippen LogP) is 5.02. The average Bonchev–Trinajstić information content (AvgIpc) is 2.85. The molecule has 0 heterocycles. The van der Waals surface area contributed by atoms with Crippen molar-refractivity contribution in [3.8, 4) is 23.0 Å². The van der Waals surface area contributed by atoms with Gasteiger partial charge in [0.05, 0.1) is 28.4 Å². The Hall–Kier alpha value is -4.26. The molecule has 0 aromatic heterocycles. The van der Waals surface area contributed by atoms with Crippen molar-refractivity contribution in [2.24, 2.45) is 0 Å². The minimum Gasteiger partial charge on any atom is -0.496 e. The highest BCUT2D eigenvalue weighted by Crippen LogP contribution is 2.40. The minimum absolute atomic E-state index is 0.00535. The molecule has 0 saturated heterocycles. The highest BCUT2D eigenvalue weighted by molar-refractivity contribution is 6.12. The molecule has 0 aliphatic carbocycles. The quantitative estimate of drug-likeness (QED) is 0.304. The topological polar surface area (TPSA) is 80.3 Å². The highest BCUT2D eigenvalue weighted by Gasteiger charge is 2.29. The second kappa shape index (κ2) is 9.08. The van der Waals surface area contributed by atoms with Gasteiger partial charge in [-0.1, -0.05) is 48.5 Å². The van der Waals surface area contributed by atoms with Gasteiger partial charge in [-0.25, -0.2) is 9.59 Å². The Bertz CT molecular complexity index is 1270. The van der Waals surface area contributed by atoms with E-state index in [1.54, 1.807) is 12.1 Å². The molecule has 0 atom stereocenters. The lowest BCUT2D eigenvalue weighted by Gasteiger charge is -2.17. The fourth-order valence-electron chi connectivity index (χ4n) is 3.90. The Kier molecular flexibility index (Phi) is 6.04. The molecule has 0 unspecified atom stereocenters. The third-order valence-corrected chi connectivity index (χ3v) is 5.37. The van der Waals surface area contributed by atoms with Gasteiger partial charge in [-0.3, -0.25) is 0 Å². The largest absolute Gasteiger partial charge is 0.496 e. The van der Waals surface area contributed by atoms with Crippen molar-refractivity contribution in [2.75, 3.05) is 28.4 Å². The van der Waals surface area contributed by atoms with Crippen LogP contribution >= 0.6 is 0 Å². The van der Waals surface area contributed by atoms with Crippen LogP contribution < -0.4 is 18.9 Å². The summed E-state index contributed by atoms with van der Waals surface area (Å²) in [6.45, 7) is 0. The summed E-state index contributed by atoms with van der Waals surface area (Å²) in [5, 5.41) is 2.99. The minimum atomic E-state index is -0.920. The summed E-state index contributed by atoms with van der Waals surface area (Å²) in [7, 11) is 5.74. The molecule has 33 heavy (non-hydrogen) atoms. The number of ether oxygens (including phenoxy) is 5. The molecule has 0 spiro atoms. The maximum Gasteiger partial charge on any atom is 0.353 e. The van der Waals surface area contributed by atoms with E-state index in [4.69, 9.17) is 23.7 Å². The van der Waals surface area contributed by atoms with Crippen molar-refractivity contribution in [2.45, 2.75) is 0 Å². The Labute approximate surface area is 190 Å². The molecule has 0 saturated carbocycles. The molecule has 0 fully saturated rings. The van der Waals surface area contributed by atoms with Crippen LogP contribution in [-0.2, 0) is 4.74 Å². The van der Waals surface area contributed by atoms with Crippen LogP contribution in [0.5, 0.6) is 23.0 Å². The van der Waals surface area contributed by atoms with E-state index in [1.165, 1.54) is 28.4 Å². The van der Waals surface area contributed by atoms with Crippen molar-refractivity contribution in [1.29, 1.82) is 0 Å². The number of hydrogen-bond donors (Lipinski definition) is 0. The van der Waals surface area contributed by atoms with E-state index in [9.17, 15) is 9.59 Å². The van der Waals surface area contributed by atoms with E-state index in [0.717, 1.165) is 10.8 Å². The molecule has 4 aromatic rings. The molecule has 0 bridgehead atoms. The van der Waals surface area contributed by atoms with Crippen molar-refractivity contribution in [1.82, 2.24) is 0 Å². The number of fused-ring (bicyclic) bond motifs is 2. The summed E-state index contributed by atoms with van der Waals surface area (Å²) in [6, 6.07) is 18.1. The molecule has 0 amide bonds. The van der Waals surface area contributed by atoms with Gasteiger partial charge in [-0.05, 0) is 22.9 Å². The van der Waals surface area contributed by atoms with Crippen LogP contribution in [0.25, 0.3) is 21.5 Å². The zero-order valence-corrected chi connectivity index (χ0v) is 18.6. The first kappa shape index (κ1) is 22.0. The number of esters is 2. The molecule has 0 N–H and O–H groups in total. The average molecular weight is 446 g/mol. The zero-order valence-electron chi connectivity index (χ0n) is 18.6. The summed E-state index contributed by atoms with van der Waals surface area (Å²) in [5.41, 5.74) is 0.0107. The normalized spacial score (nSPS) is 10.7. The van der Waals surface area contributed by atoms with Crippen molar-refractivity contribution < 1.29 is 33.3 Å². The maximum atomic E-state index is 13.2. The fraction of sp³-hybridized carbons (Fsp3) is 0.154. The number of carbonyl (C=O) groups excluding carboxylic acids is 2. The van der Waals surface area contributed by atoms with E-state index in [0.29, 0.717) is 10.8 Å². The second-order valence-corrected chi connectivity index (χ2v) is 7.09. The SMILES string of the molecule is COc1cc2ccccc2c(OC)c1C(=O)OC(=O)c1c(OC)cc2ccccc2c1OC. The molecule has 0 radical (unpaired) electrons. The van der Waals surface area contributed by atoms with Gasteiger partial charge in [0.15, 0.2) is 0 Å². The summed E-state index contributed by atoms with van der Waals surface area (Å²) in [4.78, 5) is 26.4. The van der Waals surface area contributed by atoms with Crippen LogP contribution in [0.4, 0.5) is 0 Å². The Morgan fingerprint density at radius 2 is 0.970 bits per heavy atom. The number of hydrogen-bond acceptors (Lipinski definition) is 7. The molecule has 4 rings (SSSR count). The smallest absolute Gasteiger partial charge is 0.353 e. The summed E-state index contributed by atoms with van der Waals surface area (Å²) < 4.78 is 27.1. The Morgan fingerprint density at radius 3 is 1.33 bits per heavy atom. The lowest BCUT2D eigenvalue weighted by Crippen LogP contribution is -2.16. The first-order valence-electron chi connectivity index (χ1n) is 10.1. The highest BCUT2D eigenvalue weighted by atomic mass is 16.6. The van der Waals surface area contributed by atoms with Gasteiger partial charge >= 0.3 is 11.9 Å². The third-order valence-electron chi connectivity index (χ3n) is 5.37. The Morgan fingerprint density at radius 1 is 0.576 bits per heavy atom. The van der Waals surface area contributed by atoms with Crippen LogP contribution in [0.15, 0.2) is 60.7 Å². The lowest BCUT2D eigenvalue weighted by molar-refractivity contribution is 0.0390. The van der Waals surface area contributed by atoms with Crippen molar-refractivity contribution >= 4 is 33.5 Å². The summed E-state index contributed by atoms with van der Waals surface area (Å²) in [6.07, 6.45) is 0. The van der Waals surface area contributed by atoms with Crippen LogP contribution in [0.3, 0.4) is 0 Å². The summed E-state index contributed by atoms with van der Waals surface area (Å²) >= 11 is 0. The van der Waals surface area contributed by atoms with Gasteiger partial charge in [-0.15, -0.1) is 0 Å². The second-order valence-electron chi connectivity index (χ2n) is 7.09. The van der Waals surface area contributed by atoms with E-state index in [1.807, 2.05) is 48.5 Å². The van der Waals surface area contributed by atoms with Gasteiger partial charge in [0.2, 0.25) is 0 Å². The van der Waals surface area contributed by atoms with Gasteiger partial charge in [0, 0.05) is 10.8 Å². The molecular weight excluding hydrogens is 424 g/mol. The number of carbonyl (C=O) groups is 2. The zero-order chi connectivity index (χ0) is 23.5. The van der Waals surface area contributed by atoms with E-state index < -0.39 is 11.9 Å². The van der Waals surface area contributed by atoms with Gasteiger partial charge < -0.3 is 23.7 Å². The molecule has 168 valence electrons. The third kappa shape index (κ3) is 3.78. The summed E-state index contributed by atoms with van der Waals surface area (Å²) in [5.74, 6) is -0.893. The van der Waals surface area contributed by atoms with Gasteiger partial charge in [0.25, 0.3) is 0 Å². The molecular formula is C26H22O7.